The Labute approximate surface area is 112 Å². The second kappa shape index (κ2) is 7.46. The first-order valence-electron chi connectivity index (χ1n) is 7.88. The molecule has 0 amide bonds. The predicted octanol–water partition coefficient (Wildman–Crippen LogP) is 2.41. The molecule has 2 aliphatic heterocycles. The van der Waals surface area contributed by atoms with E-state index in [1.54, 1.807) is 0 Å². The van der Waals surface area contributed by atoms with Gasteiger partial charge in [-0.3, -0.25) is 4.90 Å². The summed E-state index contributed by atoms with van der Waals surface area (Å²) >= 11 is 0. The molecular weight excluding hydrogens is 224 g/mol. The van der Waals surface area contributed by atoms with Crippen LogP contribution in [-0.2, 0) is 4.74 Å². The van der Waals surface area contributed by atoms with Crippen LogP contribution in [0.4, 0.5) is 0 Å². The monoisotopic (exact) mass is 254 g/mol. The van der Waals surface area contributed by atoms with E-state index >= 15 is 0 Å². The van der Waals surface area contributed by atoms with E-state index < -0.39 is 0 Å². The Kier molecular flexibility index (Phi) is 5.93. The standard InChI is InChI=1S/C15H30N2O/c1-3-15-12-18-13(2)10-17(15)11-14-8-6-4-5-7-9-16-14/h13-16H,3-12H2,1-2H3. The molecule has 3 nitrogen and oxygen atoms in total. The molecule has 0 radical (unpaired) electrons. The lowest BCUT2D eigenvalue weighted by atomic mass is 10.0. The summed E-state index contributed by atoms with van der Waals surface area (Å²) in [5, 5.41) is 3.75. The fourth-order valence-electron chi connectivity index (χ4n) is 3.23. The fourth-order valence-corrected chi connectivity index (χ4v) is 3.23. The van der Waals surface area contributed by atoms with Crippen molar-refractivity contribution in [3.63, 3.8) is 0 Å². The Morgan fingerprint density at radius 1 is 1.22 bits per heavy atom. The third kappa shape index (κ3) is 4.22. The van der Waals surface area contributed by atoms with Gasteiger partial charge in [-0.15, -0.1) is 0 Å². The SMILES string of the molecule is CCC1COC(C)CN1CC1CCCCCCN1. The summed E-state index contributed by atoms with van der Waals surface area (Å²) in [4.78, 5) is 2.66. The molecule has 106 valence electrons. The van der Waals surface area contributed by atoms with Crippen LogP contribution in [0.3, 0.4) is 0 Å². The van der Waals surface area contributed by atoms with Gasteiger partial charge in [-0.05, 0) is 32.7 Å². The summed E-state index contributed by atoms with van der Waals surface area (Å²) < 4.78 is 5.78. The van der Waals surface area contributed by atoms with E-state index in [1.165, 1.54) is 51.6 Å². The molecule has 0 spiro atoms. The summed E-state index contributed by atoms with van der Waals surface area (Å²) in [6.45, 7) is 8.93. The van der Waals surface area contributed by atoms with Crippen LogP contribution in [0.5, 0.6) is 0 Å². The van der Waals surface area contributed by atoms with E-state index in [0.717, 1.165) is 13.2 Å². The van der Waals surface area contributed by atoms with Crippen LogP contribution in [0.2, 0.25) is 0 Å². The maximum absolute atomic E-state index is 5.78. The first-order valence-corrected chi connectivity index (χ1v) is 7.88. The molecule has 2 fully saturated rings. The molecule has 2 aliphatic rings. The molecule has 2 heterocycles. The third-order valence-electron chi connectivity index (χ3n) is 4.42. The summed E-state index contributed by atoms with van der Waals surface area (Å²) in [5.41, 5.74) is 0. The lowest BCUT2D eigenvalue weighted by Crippen LogP contribution is -2.53. The zero-order valence-corrected chi connectivity index (χ0v) is 12.2. The van der Waals surface area contributed by atoms with Crippen molar-refractivity contribution in [2.75, 3.05) is 26.2 Å². The Hall–Kier alpha value is -0.120. The lowest BCUT2D eigenvalue weighted by Gasteiger charge is -2.40. The van der Waals surface area contributed by atoms with Crippen molar-refractivity contribution in [3.05, 3.63) is 0 Å². The molecule has 0 aromatic rings. The van der Waals surface area contributed by atoms with Gasteiger partial charge in [-0.1, -0.05) is 26.2 Å². The molecule has 2 saturated heterocycles. The van der Waals surface area contributed by atoms with Gasteiger partial charge < -0.3 is 10.1 Å². The van der Waals surface area contributed by atoms with Gasteiger partial charge in [0.1, 0.15) is 0 Å². The van der Waals surface area contributed by atoms with Gasteiger partial charge >= 0.3 is 0 Å². The summed E-state index contributed by atoms with van der Waals surface area (Å²) in [6.07, 6.45) is 8.55. The highest BCUT2D eigenvalue weighted by Crippen LogP contribution is 2.17. The Morgan fingerprint density at radius 3 is 2.89 bits per heavy atom. The minimum Gasteiger partial charge on any atom is -0.376 e. The van der Waals surface area contributed by atoms with Crippen LogP contribution in [0.1, 0.15) is 52.4 Å². The Balaban J connectivity index is 1.84. The van der Waals surface area contributed by atoms with Crippen molar-refractivity contribution in [1.82, 2.24) is 10.2 Å². The topological polar surface area (TPSA) is 24.5 Å². The zero-order chi connectivity index (χ0) is 12.8. The largest absolute Gasteiger partial charge is 0.376 e. The Bertz CT molecular complexity index is 227. The number of hydrogen-bond donors (Lipinski definition) is 1. The molecule has 3 heteroatoms. The minimum absolute atomic E-state index is 0.404. The molecular formula is C15H30N2O. The highest BCUT2D eigenvalue weighted by molar-refractivity contribution is 4.82. The number of nitrogens with one attached hydrogen (secondary N) is 1. The van der Waals surface area contributed by atoms with Gasteiger partial charge in [0.2, 0.25) is 0 Å². The molecule has 18 heavy (non-hydrogen) atoms. The molecule has 2 rings (SSSR count). The number of hydrogen-bond acceptors (Lipinski definition) is 3. The molecule has 1 N–H and O–H groups in total. The molecule has 0 aliphatic carbocycles. The number of rotatable bonds is 3. The van der Waals surface area contributed by atoms with Crippen molar-refractivity contribution in [3.8, 4) is 0 Å². The van der Waals surface area contributed by atoms with Crippen molar-refractivity contribution < 1.29 is 4.74 Å². The number of ether oxygens (including phenoxy) is 1. The van der Waals surface area contributed by atoms with Gasteiger partial charge in [0.15, 0.2) is 0 Å². The predicted molar refractivity (Wildman–Crippen MR) is 75.9 cm³/mol. The van der Waals surface area contributed by atoms with E-state index in [2.05, 4.69) is 24.1 Å². The van der Waals surface area contributed by atoms with Gasteiger partial charge in [-0.2, -0.15) is 0 Å². The summed E-state index contributed by atoms with van der Waals surface area (Å²) in [7, 11) is 0. The normalized spacial score (nSPS) is 36.0. The molecule has 0 aromatic heterocycles. The van der Waals surface area contributed by atoms with E-state index in [0.29, 0.717) is 18.2 Å². The van der Waals surface area contributed by atoms with E-state index in [9.17, 15) is 0 Å². The second-order valence-electron chi connectivity index (χ2n) is 6.01. The highest BCUT2D eigenvalue weighted by Gasteiger charge is 2.27. The first kappa shape index (κ1) is 14.3. The van der Waals surface area contributed by atoms with Crippen molar-refractivity contribution >= 4 is 0 Å². The second-order valence-corrected chi connectivity index (χ2v) is 6.01. The first-order chi connectivity index (χ1) is 8.79. The highest BCUT2D eigenvalue weighted by atomic mass is 16.5. The summed E-state index contributed by atoms with van der Waals surface area (Å²) in [5.74, 6) is 0. The average Bonchev–Trinajstić information content (AvgIpc) is 2.33. The number of nitrogens with zero attached hydrogens (tertiary/aromatic N) is 1. The van der Waals surface area contributed by atoms with Gasteiger partial charge in [0.25, 0.3) is 0 Å². The van der Waals surface area contributed by atoms with Crippen molar-refractivity contribution in [2.24, 2.45) is 0 Å². The lowest BCUT2D eigenvalue weighted by molar-refractivity contribution is -0.0588. The van der Waals surface area contributed by atoms with Gasteiger partial charge in [0, 0.05) is 25.2 Å². The molecule has 3 atom stereocenters. The quantitative estimate of drug-likeness (QED) is 0.837. The fraction of sp³-hybridized carbons (Fsp3) is 1.00. The van der Waals surface area contributed by atoms with Gasteiger partial charge in [0.05, 0.1) is 12.7 Å². The third-order valence-corrected chi connectivity index (χ3v) is 4.42. The molecule has 0 bridgehead atoms. The van der Waals surface area contributed by atoms with Crippen LogP contribution in [-0.4, -0.2) is 49.3 Å². The van der Waals surface area contributed by atoms with Crippen LogP contribution < -0.4 is 5.32 Å². The zero-order valence-electron chi connectivity index (χ0n) is 12.2. The van der Waals surface area contributed by atoms with E-state index in [1.807, 2.05) is 0 Å². The van der Waals surface area contributed by atoms with E-state index in [-0.39, 0.29) is 0 Å². The van der Waals surface area contributed by atoms with E-state index in [4.69, 9.17) is 4.74 Å². The van der Waals surface area contributed by atoms with Crippen LogP contribution >= 0.6 is 0 Å². The summed E-state index contributed by atoms with van der Waals surface area (Å²) in [6, 6.07) is 1.33. The Morgan fingerprint density at radius 2 is 2.06 bits per heavy atom. The van der Waals surface area contributed by atoms with Crippen molar-refractivity contribution in [1.29, 1.82) is 0 Å². The van der Waals surface area contributed by atoms with Crippen LogP contribution in [0.15, 0.2) is 0 Å². The van der Waals surface area contributed by atoms with Crippen LogP contribution in [0.25, 0.3) is 0 Å². The minimum atomic E-state index is 0.404. The average molecular weight is 254 g/mol. The van der Waals surface area contributed by atoms with Gasteiger partial charge in [-0.25, -0.2) is 0 Å². The number of morpholine rings is 1. The van der Waals surface area contributed by atoms with Crippen LogP contribution in [0, 0.1) is 0 Å². The van der Waals surface area contributed by atoms with Crippen molar-refractivity contribution in [2.45, 2.75) is 70.6 Å². The maximum atomic E-state index is 5.78. The molecule has 0 aromatic carbocycles. The molecule has 0 saturated carbocycles. The smallest absolute Gasteiger partial charge is 0.0674 e. The maximum Gasteiger partial charge on any atom is 0.0674 e. The molecule has 3 unspecified atom stereocenters.